The van der Waals surface area contributed by atoms with Crippen molar-refractivity contribution in [1.82, 2.24) is 15.5 Å². The van der Waals surface area contributed by atoms with Crippen LogP contribution in [0.2, 0.25) is 0 Å². The van der Waals surface area contributed by atoms with Crippen molar-refractivity contribution in [1.29, 1.82) is 0 Å². The molecule has 1 aromatic rings. The predicted octanol–water partition coefficient (Wildman–Crippen LogP) is 0.404. The minimum absolute atomic E-state index is 0.131. The molecule has 1 aliphatic heterocycles. The fourth-order valence-electron chi connectivity index (χ4n) is 2.57. The van der Waals surface area contributed by atoms with Gasteiger partial charge in [0.2, 0.25) is 0 Å². The van der Waals surface area contributed by atoms with E-state index in [-0.39, 0.29) is 11.8 Å². The van der Waals surface area contributed by atoms with Crippen molar-refractivity contribution in [2.75, 3.05) is 51.4 Å². The summed E-state index contributed by atoms with van der Waals surface area (Å²) >= 11 is 0. The highest BCUT2D eigenvalue weighted by molar-refractivity contribution is 7.90. The molecule has 2 amide bonds. The number of nitrogens with zero attached hydrogens (tertiary/aromatic N) is 1. The number of carbonyl (C=O) groups is 1. The number of morpholine rings is 1. The first kappa shape index (κ1) is 18.7. The van der Waals surface area contributed by atoms with Gasteiger partial charge in [-0.3, -0.25) is 4.90 Å². The van der Waals surface area contributed by atoms with Crippen LogP contribution in [0.3, 0.4) is 0 Å². The maximum atomic E-state index is 12.1. The number of carbonyl (C=O) groups excluding carboxylic acids is 1. The number of amides is 2. The van der Waals surface area contributed by atoms with Gasteiger partial charge in [0.25, 0.3) is 0 Å². The maximum absolute atomic E-state index is 12.1. The molecule has 0 spiro atoms. The summed E-state index contributed by atoms with van der Waals surface area (Å²) in [4.78, 5) is 14.3. The van der Waals surface area contributed by atoms with Crippen molar-refractivity contribution in [2.24, 2.45) is 0 Å². The van der Waals surface area contributed by atoms with Gasteiger partial charge in [0.1, 0.15) is 9.84 Å². The molecule has 24 heavy (non-hydrogen) atoms. The topological polar surface area (TPSA) is 87.7 Å². The Hall–Kier alpha value is -1.64. The third kappa shape index (κ3) is 6.86. The van der Waals surface area contributed by atoms with Crippen molar-refractivity contribution >= 4 is 15.9 Å². The SMILES string of the molecule is CS(=O)(=O)C[C@@H](NC(=O)NCCN1CCOCC1)c1ccccc1. The van der Waals surface area contributed by atoms with E-state index in [1.165, 1.54) is 6.26 Å². The highest BCUT2D eigenvalue weighted by atomic mass is 32.2. The molecular weight excluding hydrogens is 330 g/mol. The van der Waals surface area contributed by atoms with Crippen LogP contribution in [0.25, 0.3) is 0 Å². The Balaban J connectivity index is 1.85. The lowest BCUT2D eigenvalue weighted by Crippen LogP contribution is -2.45. The second-order valence-electron chi connectivity index (χ2n) is 5.91. The summed E-state index contributed by atoms with van der Waals surface area (Å²) in [6.45, 7) is 4.42. The Bertz CT molecular complexity index is 615. The van der Waals surface area contributed by atoms with Gasteiger partial charge >= 0.3 is 6.03 Å². The van der Waals surface area contributed by atoms with Crippen LogP contribution in [0, 0.1) is 0 Å². The predicted molar refractivity (Wildman–Crippen MR) is 92.7 cm³/mol. The molecule has 2 rings (SSSR count). The monoisotopic (exact) mass is 355 g/mol. The van der Waals surface area contributed by atoms with Gasteiger partial charge in [-0.25, -0.2) is 13.2 Å². The molecule has 134 valence electrons. The average Bonchev–Trinajstić information content (AvgIpc) is 2.55. The number of urea groups is 1. The summed E-state index contributed by atoms with van der Waals surface area (Å²) in [5.41, 5.74) is 0.770. The molecule has 0 aliphatic carbocycles. The standard InChI is InChI=1S/C16H25N3O4S/c1-24(21,22)13-15(14-5-3-2-4-6-14)18-16(20)17-7-8-19-9-11-23-12-10-19/h2-6,15H,7-13H2,1H3,(H2,17,18,20)/t15-/m1/s1. The van der Waals surface area contributed by atoms with Gasteiger partial charge < -0.3 is 15.4 Å². The Labute approximate surface area is 143 Å². The lowest BCUT2D eigenvalue weighted by atomic mass is 10.1. The molecule has 1 heterocycles. The highest BCUT2D eigenvalue weighted by Gasteiger charge is 2.19. The number of hydrogen-bond donors (Lipinski definition) is 2. The van der Waals surface area contributed by atoms with E-state index in [1.807, 2.05) is 30.3 Å². The third-order valence-corrected chi connectivity index (χ3v) is 4.73. The Morgan fingerprint density at radius 2 is 1.92 bits per heavy atom. The molecule has 1 aliphatic rings. The Morgan fingerprint density at radius 3 is 2.54 bits per heavy atom. The molecular formula is C16H25N3O4S. The number of benzene rings is 1. The molecule has 0 aromatic heterocycles. The second-order valence-corrected chi connectivity index (χ2v) is 8.09. The first-order valence-electron chi connectivity index (χ1n) is 8.01. The fraction of sp³-hybridized carbons (Fsp3) is 0.562. The zero-order valence-corrected chi connectivity index (χ0v) is 14.7. The minimum atomic E-state index is -3.22. The molecule has 8 heteroatoms. The molecule has 0 saturated carbocycles. The summed E-state index contributed by atoms with van der Waals surface area (Å²) in [5.74, 6) is -0.131. The van der Waals surface area contributed by atoms with E-state index in [1.54, 1.807) is 0 Å². The smallest absolute Gasteiger partial charge is 0.315 e. The van der Waals surface area contributed by atoms with Gasteiger partial charge in [-0.2, -0.15) is 0 Å². The van der Waals surface area contributed by atoms with Crippen molar-refractivity contribution in [2.45, 2.75) is 6.04 Å². The van der Waals surface area contributed by atoms with Crippen LogP contribution < -0.4 is 10.6 Å². The molecule has 1 saturated heterocycles. The second kappa shape index (κ2) is 9.00. The quantitative estimate of drug-likeness (QED) is 0.739. The van der Waals surface area contributed by atoms with Gasteiger partial charge in [0, 0.05) is 32.4 Å². The maximum Gasteiger partial charge on any atom is 0.315 e. The molecule has 7 nitrogen and oxygen atoms in total. The lowest BCUT2D eigenvalue weighted by molar-refractivity contribution is 0.0387. The third-order valence-electron chi connectivity index (χ3n) is 3.79. The first-order valence-corrected chi connectivity index (χ1v) is 10.1. The van der Waals surface area contributed by atoms with E-state index < -0.39 is 15.9 Å². The van der Waals surface area contributed by atoms with Crippen molar-refractivity contribution in [3.63, 3.8) is 0 Å². The van der Waals surface area contributed by atoms with Crippen LogP contribution in [0.4, 0.5) is 4.79 Å². The zero-order chi connectivity index (χ0) is 17.4. The number of nitrogens with one attached hydrogen (secondary N) is 2. The normalized spacial score (nSPS) is 17.2. The largest absolute Gasteiger partial charge is 0.379 e. The van der Waals surface area contributed by atoms with Crippen LogP contribution in [-0.4, -0.2) is 70.8 Å². The van der Waals surface area contributed by atoms with Crippen LogP contribution >= 0.6 is 0 Å². The average molecular weight is 355 g/mol. The summed E-state index contributed by atoms with van der Waals surface area (Å²) in [6.07, 6.45) is 1.17. The van der Waals surface area contributed by atoms with E-state index in [0.717, 1.165) is 38.4 Å². The molecule has 0 radical (unpaired) electrons. The number of hydrogen-bond acceptors (Lipinski definition) is 5. The minimum Gasteiger partial charge on any atom is -0.379 e. The molecule has 2 N–H and O–H groups in total. The van der Waals surface area contributed by atoms with Gasteiger partial charge in [-0.15, -0.1) is 0 Å². The lowest BCUT2D eigenvalue weighted by Gasteiger charge is -2.26. The number of sulfone groups is 1. The van der Waals surface area contributed by atoms with Crippen molar-refractivity contribution < 1.29 is 17.9 Å². The fourth-order valence-corrected chi connectivity index (χ4v) is 3.45. The Kier molecular flexibility index (Phi) is 7.01. The van der Waals surface area contributed by atoms with Crippen LogP contribution in [0.15, 0.2) is 30.3 Å². The van der Waals surface area contributed by atoms with E-state index in [9.17, 15) is 13.2 Å². The molecule has 1 atom stereocenters. The highest BCUT2D eigenvalue weighted by Crippen LogP contribution is 2.14. The van der Waals surface area contributed by atoms with Crippen molar-refractivity contribution in [3.8, 4) is 0 Å². The first-order chi connectivity index (χ1) is 11.4. The molecule has 1 aromatic carbocycles. The van der Waals surface area contributed by atoms with Crippen LogP contribution in [0.5, 0.6) is 0 Å². The van der Waals surface area contributed by atoms with E-state index in [2.05, 4.69) is 15.5 Å². The molecule has 1 fully saturated rings. The van der Waals surface area contributed by atoms with Gasteiger partial charge in [-0.1, -0.05) is 30.3 Å². The van der Waals surface area contributed by atoms with Crippen LogP contribution in [-0.2, 0) is 14.6 Å². The summed E-state index contributed by atoms with van der Waals surface area (Å²) in [6, 6.07) is 8.19. The van der Waals surface area contributed by atoms with Gasteiger partial charge in [0.15, 0.2) is 0 Å². The summed E-state index contributed by atoms with van der Waals surface area (Å²) in [7, 11) is -3.22. The van der Waals surface area contributed by atoms with E-state index >= 15 is 0 Å². The van der Waals surface area contributed by atoms with E-state index in [4.69, 9.17) is 4.74 Å². The van der Waals surface area contributed by atoms with Crippen molar-refractivity contribution in [3.05, 3.63) is 35.9 Å². The van der Waals surface area contributed by atoms with E-state index in [0.29, 0.717) is 6.54 Å². The summed E-state index contributed by atoms with van der Waals surface area (Å²) < 4.78 is 28.5. The molecule has 0 bridgehead atoms. The molecule has 0 unspecified atom stereocenters. The van der Waals surface area contributed by atoms with Gasteiger partial charge in [0.05, 0.1) is 25.0 Å². The van der Waals surface area contributed by atoms with Crippen LogP contribution in [0.1, 0.15) is 11.6 Å². The number of rotatable bonds is 7. The Morgan fingerprint density at radius 1 is 1.25 bits per heavy atom. The summed E-state index contributed by atoms with van der Waals surface area (Å²) in [5, 5.41) is 5.54. The zero-order valence-electron chi connectivity index (χ0n) is 13.9. The van der Waals surface area contributed by atoms with Gasteiger partial charge in [-0.05, 0) is 5.56 Å². The number of ether oxygens (including phenoxy) is 1.